The number of hydrogen-bond acceptors (Lipinski definition) is 5. The second-order valence-corrected chi connectivity index (χ2v) is 7.59. The SMILES string of the molecule is O=C([O-])[C@H]1COC2(CCN(C(=O)C3CCC3)CC2)N1C(=O)c1ccccc1. The van der Waals surface area contributed by atoms with Crippen molar-refractivity contribution in [2.75, 3.05) is 19.7 Å². The lowest BCUT2D eigenvalue weighted by Gasteiger charge is -2.46. The summed E-state index contributed by atoms with van der Waals surface area (Å²) < 4.78 is 5.89. The van der Waals surface area contributed by atoms with E-state index in [9.17, 15) is 19.5 Å². The van der Waals surface area contributed by atoms with E-state index in [1.54, 1.807) is 30.3 Å². The fraction of sp³-hybridized carbons (Fsp3) is 0.550. The summed E-state index contributed by atoms with van der Waals surface area (Å²) in [5, 5.41) is 11.6. The van der Waals surface area contributed by atoms with Crippen molar-refractivity contribution in [2.45, 2.75) is 43.9 Å². The van der Waals surface area contributed by atoms with Crippen molar-refractivity contribution in [3.63, 3.8) is 0 Å². The molecule has 144 valence electrons. The molecule has 1 aromatic carbocycles. The number of piperidine rings is 1. The molecule has 1 aromatic rings. The summed E-state index contributed by atoms with van der Waals surface area (Å²) >= 11 is 0. The van der Waals surface area contributed by atoms with Gasteiger partial charge in [-0.1, -0.05) is 24.6 Å². The number of rotatable bonds is 3. The van der Waals surface area contributed by atoms with E-state index < -0.39 is 17.7 Å². The van der Waals surface area contributed by atoms with Crippen molar-refractivity contribution in [1.29, 1.82) is 0 Å². The molecule has 2 heterocycles. The van der Waals surface area contributed by atoms with Gasteiger partial charge in [-0.2, -0.15) is 0 Å². The highest BCUT2D eigenvalue weighted by Crippen LogP contribution is 2.39. The summed E-state index contributed by atoms with van der Waals surface area (Å²) in [6.07, 6.45) is 3.82. The number of nitrogens with zero attached hydrogens (tertiary/aromatic N) is 2. The van der Waals surface area contributed by atoms with E-state index in [4.69, 9.17) is 4.74 Å². The van der Waals surface area contributed by atoms with E-state index in [2.05, 4.69) is 0 Å². The zero-order valence-electron chi connectivity index (χ0n) is 15.1. The number of likely N-dealkylation sites (tertiary alicyclic amines) is 1. The van der Waals surface area contributed by atoms with Crippen molar-refractivity contribution in [1.82, 2.24) is 9.80 Å². The Labute approximate surface area is 157 Å². The summed E-state index contributed by atoms with van der Waals surface area (Å²) in [4.78, 5) is 40.4. The van der Waals surface area contributed by atoms with Crippen LogP contribution in [-0.2, 0) is 14.3 Å². The van der Waals surface area contributed by atoms with Gasteiger partial charge in [-0.05, 0) is 25.0 Å². The highest BCUT2D eigenvalue weighted by Gasteiger charge is 2.52. The molecule has 2 aliphatic heterocycles. The summed E-state index contributed by atoms with van der Waals surface area (Å²) in [6, 6.07) is 7.49. The van der Waals surface area contributed by atoms with E-state index in [0.717, 1.165) is 19.3 Å². The van der Waals surface area contributed by atoms with Gasteiger partial charge in [0.15, 0.2) is 0 Å². The zero-order chi connectivity index (χ0) is 19.0. The molecule has 2 amide bonds. The molecule has 0 N–H and O–H groups in total. The predicted molar refractivity (Wildman–Crippen MR) is 93.2 cm³/mol. The average Bonchev–Trinajstić information content (AvgIpc) is 3.00. The van der Waals surface area contributed by atoms with E-state index in [-0.39, 0.29) is 24.3 Å². The number of carbonyl (C=O) groups is 3. The van der Waals surface area contributed by atoms with Gasteiger partial charge < -0.3 is 19.5 Å². The van der Waals surface area contributed by atoms with Crippen molar-refractivity contribution in [3.05, 3.63) is 35.9 Å². The Hall–Kier alpha value is -2.41. The van der Waals surface area contributed by atoms with Gasteiger partial charge >= 0.3 is 0 Å². The maximum atomic E-state index is 13.1. The number of aliphatic carboxylic acids is 1. The standard InChI is InChI=1S/C20H24N2O5/c23-17(14-7-4-8-14)21-11-9-20(10-12-21)22(16(13-27-20)19(25)26)18(24)15-5-2-1-3-6-15/h1-3,5-6,14,16H,4,7-13H2,(H,25,26)/p-1/t16-/m1/s1. The van der Waals surface area contributed by atoms with Crippen LogP contribution in [0.4, 0.5) is 0 Å². The minimum atomic E-state index is -1.32. The van der Waals surface area contributed by atoms with Gasteiger partial charge in [0.1, 0.15) is 5.72 Å². The van der Waals surface area contributed by atoms with Crippen LogP contribution in [0.15, 0.2) is 30.3 Å². The van der Waals surface area contributed by atoms with Crippen LogP contribution in [0, 0.1) is 5.92 Å². The lowest BCUT2D eigenvalue weighted by molar-refractivity contribution is -0.310. The second-order valence-electron chi connectivity index (χ2n) is 7.59. The highest BCUT2D eigenvalue weighted by atomic mass is 16.5. The molecule has 0 aromatic heterocycles. The summed E-state index contributed by atoms with van der Waals surface area (Å²) in [5.74, 6) is -1.39. The smallest absolute Gasteiger partial charge is 0.256 e. The first-order chi connectivity index (χ1) is 13.0. The number of carboxylic acid groups (broad SMARTS) is 1. The number of ether oxygens (including phenoxy) is 1. The van der Waals surface area contributed by atoms with Gasteiger partial charge in [0, 0.05) is 37.4 Å². The normalized spacial score (nSPS) is 24.7. The van der Waals surface area contributed by atoms with E-state index in [1.807, 2.05) is 4.90 Å². The number of hydrogen-bond donors (Lipinski definition) is 0. The van der Waals surface area contributed by atoms with Crippen molar-refractivity contribution >= 4 is 17.8 Å². The minimum Gasteiger partial charge on any atom is -0.548 e. The predicted octanol–water partition coefficient (Wildman–Crippen LogP) is 0.396. The third kappa shape index (κ3) is 3.10. The quantitative estimate of drug-likeness (QED) is 0.767. The molecular weight excluding hydrogens is 348 g/mol. The van der Waals surface area contributed by atoms with Crippen LogP contribution in [0.25, 0.3) is 0 Å². The molecule has 1 spiro atoms. The third-order valence-electron chi connectivity index (χ3n) is 6.08. The second kappa shape index (κ2) is 6.96. The molecule has 27 heavy (non-hydrogen) atoms. The number of benzene rings is 1. The third-order valence-corrected chi connectivity index (χ3v) is 6.08. The molecule has 0 radical (unpaired) electrons. The van der Waals surface area contributed by atoms with Crippen LogP contribution >= 0.6 is 0 Å². The van der Waals surface area contributed by atoms with Crippen molar-refractivity contribution < 1.29 is 24.2 Å². The van der Waals surface area contributed by atoms with Crippen molar-refractivity contribution in [2.24, 2.45) is 5.92 Å². The molecule has 3 fully saturated rings. The number of carboxylic acids is 1. The molecule has 1 saturated carbocycles. The zero-order valence-corrected chi connectivity index (χ0v) is 15.1. The van der Waals surface area contributed by atoms with E-state index in [1.165, 1.54) is 4.90 Å². The van der Waals surface area contributed by atoms with Crippen molar-refractivity contribution in [3.8, 4) is 0 Å². The minimum absolute atomic E-state index is 0.0858. The first kappa shape index (κ1) is 18.0. The maximum Gasteiger partial charge on any atom is 0.256 e. The van der Waals surface area contributed by atoms with E-state index in [0.29, 0.717) is 31.5 Å². The summed E-state index contributed by atoms with van der Waals surface area (Å²) in [6.45, 7) is 0.846. The Morgan fingerprint density at radius 1 is 1.07 bits per heavy atom. The van der Waals surface area contributed by atoms with Gasteiger partial charge in [-0.25, -0.2) is 0 Å². The van der Waals surface area contributed by atoms with Crippen LogP contribution in [0.5, 0.6) is 0 Å². The summed E-state index contributed by atoms with van der Waals surface area (Å²) in [5.41, 5.74) is -0.574. The molecule has 7 nitrogen and oxygen atoms in total. The molecule has 0 bridgehead atoms. The number of amides is 2. The first-order valence-corrected chi connectivity index (χ1v) is 9.54. The van der Waals surface area contributed by atoms with Gasteiger partial charge in [0.05, 0.1) is 18.6 Å². The Morgan fingerprint density at radius 2 is 1.74 bits per heavy atom. The first-order valence-electron chi connectivity index (χ1n) is 9.54. The fourth-order valence-electron chi connectivity index (χ4n) is 4.26. The Bertz CT molecular complexity index is 738. The van der Waals surface area contributed by atoms with Gasteiger partial charge in [-0.3, -0.25) is 14.5 Å². The molecule has 1 atom stereocenters. The van der Waals surface area contributed by atoms with Gasteiger partial charge in [-0.15, -0.1) is 0 Å². The monoisotopic (exact) mass is 371 g/mol. The largest absolute Gasteiger partial charge is 0.548 e. The Kier molecular flexibility index (Phi) is 4.63. The molecule has 2 saturated heterocycles. The molecule has 4 rings (SSSR count). The Morgan fingerprint density at radius 3 is 2.30 bits per heavy atom. The number of carbonyl (C=O) groups excluding carboxylic acids is 3. The van der Waals surface area contributed by atoms with Crippen LogP contribution in [0.1, 0.15) is 42.5 Å². The van der Waals surface area contributed by atoms with E-state index >= 15 is 0 Å². The molecular formula is C20H23N2O5-. The fourth-order valence-corrected chi connectivity index (χ4v) is 4.26. The highest BCUT2D eigenvalue weighted by molar-refractivity contribution is 5.97. The maximum absolute atomic E-state index is 13.1. The molecule has 7 heteroatoms. The molecule has 0 unspecified atom stereocenters. The van der Waals surface area contributed by atoms with Gasteiger partial charge in [0.25, 0.3) is 5.91 Å². The Balaban J connectivity index is 1.54. The van der Waals surface area contributed by atoms with Crippen LogP contribution in [0.2, 0.25) is 0 Å². The van der Waals surface area contributed by atoms with Gasteiger partial charge in [0.2, 0.25) is 5.91 Å². The lowest BCUT2D eigenvalue weighted by atomic mass is 9.83. The van der Waals surface area contributed by atoms with Crippen LogP contribution < -0.4 is 5.11 Å². The van der Waals surface area contributed by atoms with Crippen LogP contribution in [-0.4, -0.2) is 59.0 Å². The van der Waals surface area contributed by atoms with Crippen LogP contribution in [0.3, 0.4) is 0 Å². The topological polar surface area (TPSA) is 90.0 Å². The molecule has 3 aliphatic rings. The lowest BCUT2D eigenvalue weighted by Crippen LogP contribution is -2.60. The molecule has 1 aliphatic carbocycles. The summed E-state index contributed by atoms with van der Waals surface area (Å²) in [7, 11) is 0. The average molecular weight is 371 g/mol.